The van der Waals surface area contributed by atoms with Crippen molar-refractivity contribution in [3.63, 3.8) is 0 Å². The number of hydrogen-bond donors (Lipinski definition) is 2. The zero-order valence-electron chi connectivity index (χ0n) is 13.3. The van der Waals surface area contributed by atoms with E-state index in [1.165, 1.54) is 0 Å². The van der Waals surface area contributed by atoms with Crippen molar-refractivity contribution in [1.29, 1.82) is 0 Å². The number of ether oxygens (including phenoxy) is 1. The maximum Gasteiger partial charge on any atom is 0.254 e. The lowest BCUT2D eigenvalue weighted by atomic mass is 9.91. The second kappa shape index (κ2) is 7.27. The second-order valence-electron chi connectivity index (χ2n) is 5.63. The van der Waals surface area contributed by atoms with E-state index in [4.69, 9.17) is 4.74 Å². The van der Waals surface area contributed by atoms with Crippen molar-refractivity contribution in [2.45, 2.75) is 39.7 Å². The zero-order valence-corrected chi connectivity index (χ0v) is 13.3. The molecule has 2 aromatic rings. The Balaban J connectivity index is 2.57. The summed E-state index contributed by atoms with van der Waals surface area (Å²) in [5.74, 6) is -0.0165. The average Bonchev–Trinajstić information content (AvgIpc) is 2.47. The highest BCUT2D eigenvalue weighted by Crippen LogP contribution is 2.27. The minimum absolute atomic E-state index is 0.0726. The monoisotopic (exact) mass is 301 g/mol. The highest BCUT2D eigenvalue weighted by molar-refractivity contribution is 5.43. The van der Waals surface area contributed by atoms with E-state index in [2.05, 4.69) is 4.98 Å². The van der Waals surface area contributed by atoms with Gasteiger partial charge in [0.2, 0.25) is 0 Å². The molecule has 0 fully saturated rings. The molecule has 118 valence electrons. The van der Waals surface area contributed by atoms with E-state index < -0.39 is 0 Å². The Morgan fingerprint density at radius 3 is 2.45 bits per heavy atom. The number of pyridine rings is 1. The first-order chi connectivity index (χ1) is 10.5. The van der Waals surface area contributed by atoms with Crippen molar-refractivity contribution < 1.29 is 9.84 Å². The molecule has 4 heteroatoms. The van der Waals surface area contributed by atoms with Gasteiger partial charge in [-0.1, -0.05) is 44.2 Å². The van der Waals surface area contributed by atoms with Gasteiger partial charge in [-0.05, 0) is 30.4 Å². The predicted octanol–water partition coefficient (Wildman–Crippen LogP) is 3.33. The summed E-state index contributed by atoms with van der Waals surface area (Å²) in [6.45, 7) is 6.73. The molecule has 1 aromatic heterocycles. The van der Waals surface area contributed by atoms with Gasteiger partial charge in [0.05, 0.1) is 6.61 Å². The zero-order chi connectivity index (χ0) is 16.1. The second-order valence-corrected chi connectivity index (χ2v) is 5.63. The fourth-order valence-corrected chi connectivity index (χ4v) is 2.66. The number of nitrogens with one attached hydrogen (secondary N) is 1. The van der Waals surface area contributed by atoms with Gasteiger partial charge in [0.25, 0.3) is 5.56 Å². The van der Waals surface area contributed by atoms with E-state index in [1.54, 1.807) is 0 Å². The summed E-state index contributed by atoms with van der Waals surface area (Å²) in [4.78, 5) is 14.8. The molecule has 1 heterocycles. The molecule has 0 aliphatic heterocycles. The fourth-order valence-electron chi connectivity index (χ4n) is 2.66. The third-order valence-electron chi connectivity index (χ3n) is 3.70. The first-order valence-corrected chi connectivity index (χ1v) is 7.63. The Morgan fingerprint density at radius 2 is 1.86 bits per heavy atom. The van der Waals surface area contributed by atoms with Crippen LogP contribution in [0, 0.1) is 0 Å². The number of rotatable bonds is 6. The van der Waals surface area contributed by atoms with E-state index in [1.807, 2.05) is 51.1 Å². The van der Waals surface area contributed by atoms with Crippen molar-refractivity contribution in [2.75, 3.05) is 6.61 Å². The number of H-pyrrole nitrogens is 1. The molecule has 0 aliphatic rings. The standard InChI is InChI=1S/C18H23NO3/c1-4-22-11-15-14(10-13-8-6-5-7-9-13)16(12(2)3)18(21)19-17(15)20/h5-9,12H,4,10-11H2,1-3H3,(H2,19,20,21). The van der Waals surface area contributed by atoms with Crippen LogP contribution in [0.15, 0.2) is 35.1 Å². The molecule has 22 heavy (non-hydrogen) atoms. The Bertz CT molecular complexity index is 675. The molecule has 0 atom stereocenters. The molecule has 0 unspecified atom stereocenters. The lowest BCUT2D eigenvalue weighted by Crippen LogP contribution is -2.20. The maximum atomic E-state index is 12.3. The van der Waals surface area contributed by atoms with Gasteiger partial charge < -0.3 is 9.84 Å². The highest BCUT2D eigenvalue weighted by atomic mass is 16.5. The van der Waals surface area contributed by atoms with Crippen molar-refractivity contribution in [3.05, 3.63) is 62.9 Å². The van der Waals surface area contributed by atoms with Gasteiger partial charge in [-0.25, -0.2) is 0 Å². The van der Waals surface area contributed by atoms with Crippen LogP contribution in [0.3, 0.4) is 0 Å². The molecule has 1 aromatic carbocycles. The van der Waals surface area contributed by atoms with Crippen LogP contribution < -0.4 is 5.56 Å². The van der Waals surface area contributed by atoms with Crippen LogP contribution >= 0.6 is 0 Å². The number of aromatic nitrogens is 1. The van der Waals surface area contributed by atoms with Crippen molar-refractivity contribution in [1.82, 2.24) is 4.98 Å². The van der Waals surface area contributed by atoms with E-state index >= 15 is 0 Å². The van der Waals surface area contributed by atoms with E-state index in [9.17, 15) is 9.90 Å². The Labute approximate surface area is 130 Å². The van der Waals surface area contributed by atoms with Crippen LogP contribution in [0.1, 0.15) is 48.9 Å². The smallest absolute Gasteiger partial charge is 0.254 e. The normalized spacial score (nSPS) is 11.1. The van der Waals surface area contributed by atoms with Crippen LogP contribution in [0.5, 0.6) is 5.88 Å². The molecule has 0 amide bonds. The summed E-state index contributed by atoms with van der Waals surface area (Å²) in [6, 6.07) is 9.95. The molecule has 0 saturated heterocycles. The Morgan fingerprint density at radius 1 is 1.18 bits per heavy atom. The van der Waals surface area contributed by atoms with Crippen LogP contribution in [0.25, 0.3) is 0 Å². The van der Waals surface area contributed by atoms with Crippen LogP contribution in [0.4, 0.5) is 0 Å². The molecule has 0 saturated carbocycles. The summed E-state index contributed by atoms with van der Waals surface area (Å²) in [5, 5.41) is 10.1. The lowest BCUT2D eigenvalue weighted by Gasteiger charge is -2.18. The largest absolute Gasteiger partial charge is 0.494 e. The van der Waals surface area contributed by atoms with Gasteiger partial charge in [-0.3, -0.25) is 9.78 Å². The van der Waals surface area contributed by atoms with Gasteiger partial charge in [0.15, 0.2) is 5.88 Å². The summed E-state index contributed by atoms with van der Waals surface area (Å²) in [6.07, 6.45) is 0.605. The van der Waals surface area contributed by atoms with Crippen molar-refractivity contribution >= 4 is 0 Å². The van der Waals surface area contributed by atoms with Gasteiger partial charge in [-0.2, -0.15) is 0 Å². The van der Waals surface area contributed by atoms with Crippen LogP contribution in [0.2, 0.25) is 0 Å². The molecule has 0 aliphatic carbocycles. The minimum Gasteiger partial charge on any atom is -0.494 e. The first-order valence-electron chi connectivity index (χ1n) is 7.63. The highest BCUT2D eigenvalue weighted by Gasteiger charge is 2.19. The summed E-state index contributed by atoms with van der Waals surface area (Å²) < 4.78 is 5.47. The maximum absolute atomic E-state index is 12.3. The van der Waals surface area contributed by atoms with Gasteiger partial charge >= 0.3 is 0 Å². The molecular formula is C18H23NO3. The van der Waals surface area contributed by atoms with Gasteiger partial charge in [-0.15, -0.1) is 0 Å². The fraction of sp³-hybridized carbons (Fsp3) is 0.389. The molecule has 0 spiro atoms. The number of aromatic amines is 1. The third-order valence-corrected chi connectivity index (χ3v) is 3.70. The lowest BCUT2D eigenvalue weighted by molar-refractivity contribution is 0.131. The molecule has 2 N–H and O–H groups in total. The number of hydrogen-bond acceptors (Lipinski definition) is 3. The number of benzene rings is 1. The molecule has 2 rings (SSSR count). The predicted molar refractivity (Wildman–Crippen MR) is 87.4 cm³/mol. The van der Waals surface area contributed by atoms with Crippen molar-refractivity contribution in [3.8, 4) is 5.88 Å². The van der Waals surface area contributed by atoms with Gasteiger partial charge in [0.1, 0.15) is 0 Å². The van der Waals surface area contributed by atoms with E-state index in [-0.39, 0.29) is 17.4 Å². The SMILES string of the molecule is CCOCc1c(O)[nH]c(=O)c(C(C)C)c1Cc1ccccc1. The molecular weight excluding hydrogens is 278 g/mol. The summed E-state index contributed by atoms with van der Waals surface area (Å²) in [5.41, 5.74) is 3.15. The molecule has 4 nitrogen and oxygen atoms in total. The topological polar surface area (TPSA) is 62.3 Å². The van der Waals surface area contributed by atoms with Gasteiger partial charge in [0, 0.05) is 17.7 Å². The number of aromatic hydroxyl groups is 1. The third kappa shape index (κ3) is 3.57. The minimum atomic E-state index is -0.223. The quantitative estimate of drug-likeness (QED) is 0.860. The summed E-state index contributed by atoms with van der Waals surface area (Å²) >= 11 is 0. The van der Waals surface area contributed by atoms with Crippen LogP contribution in [-0.4, -0.2) is 16.7 Å². The van der Waals surface area contributed by atoms with E-state index in [0.29, 0.717) is 25.2 Å². The van der Waals surface area contributed by atoms with Crippen LogP contribution in [-0.2, 0) is 17.8 Å². The first kappa shape index (κ1) is 16.3. The average molecular weight is 301 g/mol. The Kier molecular flexibility index (Phi) is 5.39. The molecule has 0 radical (unpaired) electrons. The molecule has 0 bridgehead atoms. The van der Waals surface area contributed by atoms with E-state index in [0.717, 1.165) is 16.7 Å². The summed E-state index contributed by atoms with van der Waals surface area (Å²) in [7, 11) is 0. The Hall–Kier alpha value is -2.07. The van der Waals surface area contributed by atoms with Crippen molar-refractivity contribution in [2.24, 2.45) is 0 Å².